The minimum absolute atomic E-state index is 0.300. The Morgan fingerprint density at radius 3 is 2.48 bits per heavy atom. The lowest BCUT2D eigenvalue weighted by Gasteiger charge is -2.09. The molecule has 0 aliphatic heterocycles. The molecule has 0 atom stereocenters. The second kappa shape index (κ2) is 10.1. The van der Waals surface area contributed by atoms with Crippen molar-refractivity contribution < 1.29 is 14.3 Å². The monoisotopic (exact) mass is 472 g/mol. The molecule has 1 N–H and O–H groups in total. The maximum Gasteiger partial charge on any atom is 0.271 e. The van der Waals surface area contributed by atoms with E-state index in [4.69, 9.17) is 21.1 Å². The zero-order valence-electron chi connectivity index (χ0n) is 15.6. The molecule has 5 nitrogen and oxygen atoms in total. The summed E-state index contributed by atoms with van der Waals surface area (Å²) in [5.74, 6) is 1.10. The van der Waals surface area contributed by atoms with Gasteiger partial charge in [0.25, 0.3) is 5.91 Å². The minimum Gasteiger partial charge on any atom is -0.497 e. The number of halogens is 2. The quantitative estimate of drug-likeness (QED) is 0.366. The Kier molecular flexibility index (Phi) is 7.27. The van der Waals surface area contributed by atoms with Crippen LogP contribution in [-0.4, -0.2) is 19.2 Å². The first-order valence-electron chi connectivity index (χ1n) is 8.69. The van der Waals surface area contributed by atoms with Crippen LogP contribution in [-0.2, 0) is 6.61 Å². The fraction of sp³-hybridized carbons (Fsp3) is 0.0909. The van der Waals surface area contributed by atoms with Gasteiger partial charge < -0.3 is 9.47 Å². The van der Waals surface area contributed by atoms with Gasteiger partial charge in [-0.05, 0) is 81.7 Å². The minimum atomic E-state index is -0.300. The van der Waals surface area contributed by atoms with E-state index in [1.165, 1.54) is 0 Å². The lowest BCUT2D eigenvalue weighted by molar-refractivity contribution is 0.0955. The van der Waals surface area contributed by atoms with Crippen molar-refractivity contribution in [2.24, 2.45) is 5.10 Å². The predicted molar refractivity (Wildman–Crippen MR) is 118 cm³/mol. The predicted octanol–water partition coefficient (Wildman–Crippen LogP) is 5.45. The van der Waals surface area contributed by atoms with E-state index in [2.05, 4.69) is 26.5 Å². The number of hydrazone groups is 1. The SMILES string of the molecule is COc1ccc(C(=O)N/N=C\c2ccc(OCc3ccc(Cl)cc3)c(Br)c2)cc1. The standard InChI is InChI=1S/C22H18BrClN2O3/c1-28-19-9-5-17(6-10-19)22(27)26-25-13-16-4-11-21(20(23)12-16)29-14-15-2-7-18(24)8-3-15/h2-13H,14H2,1H3,(H,26,27)/b25-13-. The Morgan fingerprint density at radius 2 is 1.83 bits per heavy atom. The smallest absolute Gasteiger partial charge is 0.271 e. The number of nitrogens with zero attached hydrogens (tertiary/aromatic N) is 1. The number of amides is 1. The topological polar surface area (TPSA) is 59.9 Å². The molecule has 0 aliphatic carbocycles. The van der Waals surface area contributed by atoms with E-state index in [1.54, 1.807) is 37.6 Å². The van der Waals surface area contributed by atoms with Gasteiger partial charge in [0, 0.05) is 10.6 Å². The van der Waals surface area contributed by atoms with Crippen LogP contribution in [0.25, 0.3) is 0 Å². The fourth-order valence-corrected chi connectivity index (χ4v) is 3.07. The van der Waals surface area contributed by atoms with Crippen molar-refractivity contribution in [3.05, 3.63) is 92.9 Å². The summed E-state index contributed by atoms with van der Waals surface area (Å²) in [6, 6.07) is 19.8. The Labute approximate surface area is 182 Å². The molecule has 0 aliphatic rings. The molecular weight excluding hydrogens is 456 g/mol. The third kappa shape index (κ3) is 6.07. The van der Waals surface area contributed by atoms with Gasteiger partial charge in [-0.3, -0.25) is 4.79 Å². The van der Waals surface area contributed by atoms with Gasteiger partial charge in [-0.25, -0.2) is 5.43 Å². The summed E-state index contributed by atoms with van der Waals surface area (Å²) >= 11 is 9.38. The van der Waals surface area contributed by atoms with E-state index in [-0.39, 0.29) is 5.91 Å². The maximum atomic E-state index is 12.1. The van der Waals surface area contributed by atoms with Crippen LogP contribution in [0.15, 0.2) is 76.3 Å². The molecule has 0 saturated carbocycles. The molecule has 0 radical (unpaired) electrons. The van der Waals surface area contributed by atoms with Crippen LogP contribution in [0.1, 0.15) is 21.5 Å². The molecule has 0 spiro atoms. The van der Waals surface area contributed by atoms with Gasteiger partial charge in [0.2, 0.25) is 0 Å². The second-order valence-corrected chi connectivity index (χ2v) is 7.32. The van der Waals surface area contributed by atoms with Crippen LogP contribution in [0.4, 0.5) is 0 Å². The normalized spacial score (nSPS) is 10.7. The molecule has 0 bridgehead atoms. The highest BCUT2D eigenvalue weighted by Gasteiger charge is 2.05. The molecule has 0 heterocycles. The molecule has 0 aromatic heterocycles. The Balaban J connectivity index is 1.56. The first-order chi connectivity index (χ1) is 14.0. The van der Waals surface area contributed by atoms with E-state index in [1.807, 2.05) is 42.5 Å². The number of hydrogen-bond acceptors (Lipinski definition) is 4. The number of carbonyl (C=O) groups excluding carboxylic acids is 1. The van der Waals surface area contributed by atoms with Crippen LogP contribution in [0, 0.1) is 0 Å². The second-order valence-electron chi connectivity index (χ2n) is 6.03. The van der Waals surface area contributed by atoms with Crippen molar-refractivity contribution in [1.82, 2.24) is 5.43 Å². The van der Waals surface area contributed by atoms with Gasteiger partial charge in [-0.15, -0.1) is 0 Å². The highest BCUT2D eigenvalue weighted by molar-refractivity contribution is 9.10. The van der Waals surface area contributed by atoms with Gasteiger partial charge in [0.15, 0.2) is 0 Å². The van der Waals surface area contributed by atoms with Crippen LogP contribution in [0.5, 0.6) is 11.5 Å². The molecule has 0 unspecified atom stereocenters. The van der Waals surface area contributed by atoms with Gasteiger partial charge in [0.05, 0.1) is 17.8 Å². The first-order valence-corrected chi connectivity index (χ1v) is 9.86. The number of nitrogens with one attached hydrogen (secondary N) is 1. The van der Waals surface area contributed by atoms with Crippen LogP contribution >= 0.6 is 27.5 Å². The summed E-state index contributed by atoms with van der Waals surface area (Å²) in [7, 11) is 1.57. The van der Waals surface area contributed by atoms with Crippen LogP contribution in [0.2, 0.25) is 5.02 Å². The summed E-state index contributed by atoms with van der Waals surface area (Å²) in [6.07, 6.45) is 1.56. The molecule has 3 rings (SSSR count). The molecule has 148 valence electrons. The number of carbonyl (C=O) groups is 1. The molecular formula is C22H18BrClN2O3. The molecule has 3 aromatic carbocycles. The fourth-order valence-electron chi connectivity index (χ4n) is 2.43. The van der Waals surface area contributed by atoms with E-state index >= 15 is 0 Å². The van der Waals surface area contributed by atoms with E-state index < -0.39 is 0 Å². The molecule has 1 amide bonds. The molecule has 7 heteroatoms. The zero-order chi connectivity index (χ0) is 20.6. The van der Waals surface area contributed by atoms with Crippen molar-refractivity contribution in [3.8, 4) is 11.5 Å². The lowest BCUT2D eigenvalue weighted by atomic mass is 10.2. The Bertz CT molecular complexity index is 1010. The Hall–Kier alpha value is -2.83. The number of methoxy groups -OCH3 is 1. The molecule has 3 aromatic rings. The summed E-state index contributed by atoms with van der Waals surface area (Å²) < 4.78 is 11.7. The van der Waals surface area contributed by atoms with Crippen molar-refractivity contribution in [3.63, 3.8) is 0 Å². The summed E-state index contributed by atoms with van der Waals surface area (Å²) in [5, 5.41) is 4.70. The average molecular weight is 474 g/mol. The zero-order valence-corrected chi connectivity index (χ0v) is 17.9. The number of hydrogen-bond donors (Lipinski definition) is 1. The maximum absolute atomic E-state index is 12.1. The molecule has 29 heavy (non-hydrogen) atoms. The van der Waals surface area contributed by atoms with E-state index in [9.17, 15) is 4.79 Å². The van der Waals surface area contributed by atoms with E-state index in [0.29, 0.717) is 28.7 Å². The van der Waals surface area contributed by atoms with Gasteiger partial charge in [-0.1, -0.05) is 23.7 Å². The number of rotatable bonds is 7. The van der Waals surface area contributed by atoms with Gasteiger partial charge in [-0.2, -0.15) is 5.10 Å². The molecule has 0 saturated heterocycles. The van der Waals surface area contributed by atoms with Crippen molar-refractivity contribution >= 4 is 39.7 Å². The largest absolute Gasteiger partial charge is 0.497 e. The Morgan fingerprint density at radius 1 is 1.10 bits per heavy atom. The lowest BCUT2D eigenvalue weighted by Crippen LogP contribution is -2.17. The van der Waals surface area contributed by atoms with Crippen LogP contribution < -0.4 is 14.9 Å². The summed E-state index contributed by atoms with van der Waals surface area (Å²) in [5.41, 5.74) is 4.83. The summed E-state index contributed by atoms with van der Waals surface area (Å²) in [4.78, 5) is 12.1. The van der Waals surface area contributed by atoms with E-state index in [0.717, 1.165) is 15.6 Å². The third-order valence-electron chi connectivity index (χ3n) is 4.00. The average Bonchev–Trinajstić information content (AvgIpc) is 2.74. The van der Waals surface area contributed by atoms with Crippen molar-refractivity contribution in [2.45, 2.75) is 6.61 Å². The van der Waals surface area contributed by atoms with Crippen molar-refractivity contribution in [1.29, 1.82) is 0 Å². The highest BCUT2D eigenvalue weighted by Crippen LogP contribution is 2.26. The third-order valence-corrected chi connectivity index (χ3v) is 4.87. The van der Waals surface area contributed by atoms with Gasteiger partial charge in [0.1, 0.15) is 18.1 Å². The van der Waals surface area contributed by atoms with Gasteiger partial charge >= 0.3 is 0 Å². The van der Waals surface area contributed by atoms with Crippen molar-refractivity contribution in [2.75, 3.05) is 7.11 Å². The number of benzene rings is 3. The number of ether oxygens (including phenoxy) is 2. The highest BCUT2D eigenvalue weighted by atomic mass is 79.9. The molecule has 0 fully saturated rings. The first kappa shape index (κ1) is 20.9. The van der Waals surface area contributed by atoms with Crippen LogP contribution in [0.3, 0.4) is 0 Å². The summed E-state index contributed by atoms with van der Waals surface area (Å²) in [6.45, 7) is 0.432.